The fraction of sp³-hybridized carbons (Fsp3) is 0.545. The molecule has 2 nitrogen and oxygen atoms in total. The highest BCUT2D eigenvalue weighted by atomic mass is 32.2. The predicted octanol–water partition coefficient (Wildman–Crippen LogP) is 3.01. The highest BCUT2D eigenvalue weighted by molar-refractivity contribution is 7.99. The van der Waals surface area contributed by atoms with Crippen LogP contribution in [-0.2, 0) is 0 Å². The van der Waals surface area contributed by atoms with Crippen LogP contribution in [0.4, 0.5) is 0 Å². The van der Waals surface area contributed by atoms with Crippen LogP contribution in [0.3, 0.4) is 0 Å². The molecule has 1 N–H and O–H groups in total. The first-order valence-corrected chi connectivity index (χ1v) is 7.24. The molecule has 1 heterocycles. The highest BCUT2D eigenvalue weighted by Crippen LogP contribution is 2.07. The van der Waals surface area contributed by atoms with Gasteiger partial charge in [0.1, 0.15) is 0 Å². The number of hydrogen-bond acceptors (Lipinski definition) is 3. The van der Waals surface area contributed by atoms with Crippen molar-refractivity contribution in [1.29, 1.82) is 0 Å². The van der Waals surface area contributed by atoms with Crippen molar-refractivity contribution in [1.82, 2.24) is 5.32 Å². The lowest BCUT2D eigenvalue weighted by molar-refractivity contribution is 0.0940. The third-order valence-electron chi connectivity index (χ3n) is 2.06. The van der Waals surface area contributed by atoms with E-state index >= 15 is 0 Å². The summed E-state index contributed by atoms with van der Waals surface area (Å²) in [5.41, 5.74) is 0.773. The van der Waals surface area contributed by atoms with Crippen LogP contribution in [0.2, 0.25) is 0 Å². The van der Waals surface area contributed by atoms with E-state index in [2.05, 4.69) is 19.2 Å². The van der Waals surface area contributed by atoms with Crippen LogP contribution in [0, 0.1) is 0 Å². The molecule has 0 radical (unpaired) electrons. The molecule has 0 aliphatic heterocycles. The Morgan fingerprint density at radius 1 is 1.67 bits per heavy atom. The smallest absolute Gasteiger partial charge is 0.252 e. The molecule has 0 aliphatic carbocycles. The summed E-state index contributed by atoms with van der Waals surface area (Å²) in [5, 5.41) is 6.80. The lowest BCUT2D eigenvalue weighted by Crippen LogP contribution is -2.32. The topological polar surface area (TPSA) is 29.1 Å². The minimum atomic E-state index is 0.0465. The van der Waals surface area contributed by atoms with Crippen molar-refractivity contribution >= 4 is 29.0 Å². The van der Waals surface area contributed by atoms with Crippen LogP contribution < -0.4 is 5.32 Å². The van der Waals surface area contributed by atoms with Gasteiger partial charge in [-0.2, -0.15) is 23.1 Å². The van der Waals surface area contributed by atoms with Crippen molar-refractivity contribution in [3.8, 4) is 0 Å². The summed E-state index contributed by atoms with van der Waals surface area (Å²) in [6, 6.07) is 2.12. The highest BCUT2D eigenvalue weighted by Gasteiger charge is 2.09. The Kier molecular flexibility index (Phi) is 5.79. The van der Waals surface area contributed by atoms with Crippen LogP contribution in [0.1, 0.15) is 30.6 Å². The van der Waals surface area contributed by atoms with Crippen LogP contribution in [0.5, 0.6) is 0 Å². The molecule has 1 aromatic heterocycles. The molecule has 0 saturated carbocycles. The Morgan fingerprint density at radius 2 is 2.47 bits per heavy atom. The Morgan fingerprint density at radius 3 is 3.07 bits per heavy atom. The summed E-state index contributed by atoms with van der Waals surface area (Å²) < 4.78 is 0. The lowest BCUT2D eigenvalue weighted by atomic mass is 10.2. The monoisotopic (exact) mass is 243 g/mol. The van der Waals surface area contributed by atoms with E-state index in [0.29, 0.717) is 0 Å². The number of rotatable bonds is 6. The summed E-state index contributed by atoms with van der Waals surface area (Å²) in [7, 11) is 0. The molecule has 1 amide bonds. The first kappa shape index (κ1) is 12.6. The number of hydrogen-bond donors (Lipinski definition) is 1. The van der Waals surface area contributed by atoms with Gasteiger partial charge >= 0.3 is 0 Å². The fourth-order valence-electron chi connectivity index (χ4n) is 1.18. The molecule has 0 unspecified atom stereocenters. The number of carbonyl (C=O) groups is 1. The first-order chi connectivity index (χ1) is 7.24. The molecule has 0 fully saturated rings. The third-order valence-corrected chi connectivity index (χ3v) is 3.68. The zero-order valence-electron chi connectivity index (χ0n) is 9.16. The number of carbonyl (C=O) groups excluding carboxylic acids is 1. The molecule has 0 spiro atoms. The number of thioether (sulfide) groups is 1. The minimum absolute atomic E-state index is 0.0465. The standard InChI is InChI=1S/C11H17NOS2/c1-3-14-6-4-9(2)12-11(13)10-5-7-15-8-10/h5,7-9H,3-4,6H2,1-2H3,(H,12,13)/t9-/m0/s1. The van der Waals surface area contributed by atoms with Crippen LogP contribution in [-0.4, -0.2) is 23.5 Å². The molecule has 0 saturated heterocycles. The number of amides is 1. The molecule has 15 heavy (non-hydrogen) atoms. The van der Waals surface area contributed by atoms with Crippen molar-refractivity contribution in [2.24, 2.45) is 0 Å². The van der Waals surface area contributed by atoms with Gasteiger partial charge in [-0.05, 0) is 36.3 Å². The summed E-state index contributed by atoms with van der Waals surface area (Å²) in [6.45, 7) is 4.21. The lowest BCUT2D eigenvalue weighted by Gasteiger charge is -2.12. The summed E-state index contributed by atoms with van der Waals surface area (Å²) in [6.07, 6.45) is 1.04. The Bertz CT molecular complexity index is 285. The molecule has 1 rings (SSSR count). The molecule has 4 heteroatoms. The van der Waals surface area contributed by atoms with Crippen molar-refractivity contribution in [3.63, 3.8) is 0 Å². The maximum Gasteiger partial charge on any atom is 0.252 e. The van der Waals surface area contributed by atoms with E-state index in [-0.39, 0.29) is 11.9 Å². The molecular weight excluding hydrogens is 226 g/mol. The van der Waals surface area contributed by atoms with E-state index in [0.717, 1.165) is 23.5 Å². The molecule has 1 atom stereocenters. The van der Waals surface area contributed by atoms with E-state index in [1.54, 1.807) is 11.3 Å². The predicted molar refractivity (Wildman–Crippen MR) is 68.9 cm³/mol. The van der Waals surface area contributed by atoms with Gasteiger partial charge in [0.15, 0.2) is 0 Å². The number of thiophene rings is 1. The molecular formula is C11H17NOS2. The van der Waals surface area contributed by atoms with Gasteiger partial charge in [0.2, 0.25) is 0 Å². The second-order valence-corrected chi connectivity index (χ2v) is 5.55. The second-order valence-electron chi connectivity index (χ2n) is 3.37. The maximum absolute atomic E-state index is 11.6. The maximum atomic E-state index is 11.6. The molecule has 84 valence electrons. The molecule has 0 bridgehead atoms. The van der Waals surface area contributed by atoms with Gasteiger partial charge in [0, 0.05) is 17.0 Å². The number of nitrogens with one attached hydrogen (secondary N) is 1. The van der Waals surface area contributed by atoms with Crippen molar-refractivity contribution in [2.45, 2.75) is 26.3 Å². The largest absolute Gasteiger partial charge is 0.350 e. The summed E-state index contributed by atoms with van der Waals surface area (Å²) >= 11 is 3.46. The van der Waals surface area contributed by atoms with Gasteiger partial charge in [-0.15, -0.1) is 0 Å². The van der Waals surface area contributed by atoms with Gasteiger partial charge in [-0.1, -0.05) is 6.92 Å². The van der Waals surface area contributed by atoms with Gasteiger partial charge in [0.05, 0.1) is 0 Å². The van der Waals surface area contributed by atoms with Gasteiger partial charge in [-0.3, -0.25) is 4.79 Å². The average Bonchev–Trinajstić information content (AvgIpc) is 2.70. The van der Waals surface area contributed by atoms with Crippen LogP contribution in [0.15, 0.2) is 16.8 Å². The SMILES string of the molecule is CCSCC[C@H](C)NC(=O)c1ccsc1. The fourth-order valence-corrected chi connectivity index (χ4v) is 2.62. The van der Waals surface area contributed by atoms with E-state index in [1.165, 1.54) is 0 Å². The second kappa shape index (κ2) is 6.90. The van der Waals surface area contributed by atoms with Crippen molar-refractivity contribution in [2.75, 3.05) is 11.5 Å². The van der Waals surface area contributed by atoms with E-state index < -0.39 is 0 Å². The van der Waals surface area contributed by atoms with Gasteiger partial charge in [0.25, 0.3) is 5.91 Å². The van der Waals surface area contributed by atoms with E-state index in [1.807, 2.05) is 28.6 Å². The Labute approximate surface area is 99.5 Å². The van der Waals surface area contributed by atoms with Crippen molar-refractivity contribution in [3.05, 3.63) is 22.4 Å². The minimum Gasteiger partial charge on any atom is -0.350 e. The van der Waals surface area contributed by atoms with Gasteiger partial charge in [-0.25, -0.2) is 0 Å². The molecule has 0 aliphatic rings. The molecule has 0 aromatic carbocycles. The summed E-state index contributed by atoms with van der Waals surface area (Å²) in [5.74, 6) is 2.30. The Hall–Kier alpha value is -0.480. The van der Waals surface area contributed by atoms with Gasteiger partial charge < -0.3 is 5.32 Å². The van der Waals surface area contributed by atoms with Crippen molar-refractivity contribution < 1.29 is 4.79 Å². The zero-order valence-corrected chi connectivity index (χ0v) is 10.8. The quantitative estimate of drug-likeness (QED) is 0.778. The van der Waals surface area contributed by atoms with E-state index in [4.69, 9.17) is 0 Å². The molecule has 1 aromatic rings. The summed E-state index contributed by atoms with van der Waals surface area (Å²) in [4.78, 5) is 11.6. The zero-order chi connectivity index (χ0) is 11.1. The van der Waals surface area contributed by atoms with E-state index in [9.17, 15) is 4.79 Å². The normalized spacial score (nSPS) is 12.4. The third kappa shape index (κ3) is 4.71. The first-order valence-electron chi connectivity index (χ1n) is 5.14. The average molecular weight is 243 g/mol. The Balaban J connectivity index is 2.26. The van der Waals surface area contributed by atoms with Crippen LogP contribution >= 0.6 is 23.1 Å². The van der Waals surface area contributed by atoms with Crippen LogP contribution in [0.25, 0.3) is 0 Å².